The van der Waals surface area contributed by atoms with Crippen molar-refractivity contribution in [2.45, 2.75) is 25.2 Å². The summed E-state index contributed by atoms with van der Waals surface area (Å²) in [4.78, 5) is 31.1. The molecule has 8 nitrogen and oxygen atoms in total. The molecule has 1 fully saturated rings. The fourth-order valence-corrected chi connectivity index (χ4v) is 2.53. The molecule has 1 aliphatic rings. The predicted octanol–water partition coefficient (Wildman–Crippen LogP) is 1.41. The quantitative estimate of drug-likeness (QED) is 0.830. The van der Waals surface area contributed by atoms with E-state index in [4.69, 9.17) is 26.8 Å². The van der Waals surface area contributed by atoms with Crippen LogP contribution in [-0.2, 0) is 9.47 Å². The zero-order chi connectivity index (χ0) is 17.1. The minimum atomic E-state index is -0.522. The highest BCUT2D eigenvalue weighted by Gasteiger charge is 2.28. The molecule has 0 bridgehead atoms. The monoisotopic (exact) mass is 350 g/mol. The minimum Gasteiger partial charge on any atom is -0.459 e. The van der Waals surface area contributed by atoms with Crippen molar-refractivity contribution < 1.29 is 14.3 Å². The van der Waals surface area contributed by atoms with Crippen LogP contribution in [0.4, 0.5) is 5.95 Å². The van der Waals surface area contributed by atoms with E-state index in [-0.39, 0.29) is 18.7 Å². The van der Waals surface area contributed by atoms with E-state index in [9.17, 15) is 9.59 Å². The summed E-state index contributed by atoms with van der Waals surface area (Å²) in [5.41, 5.74) is 5.25. The van der Waals surface area contributed by atoms with Crippen LogP contribution in [0.2, 0.25) is 5.02 Å². The van der Waals surface area contributed by atoms with Gasteiger partial charge in [-0.2, -0.15) is 4.98 Å². The van der Waals surface area contributed by atoms with Crippen LogP contribution in [0.15, 0.2) is 35.4 Å². The Bertz CT molecular complexity index is 793. The van der Waals surface area contributed by atoms with E-state index in [0.717, 1.165) is 0 Å². The summed E-state index contributed by atoms with van der Waals surface area (Å²) in [6.07, 6.45) is 1.76. The summed E-state index contributed by atoms with van der Waals surface area (Å²) in [5.74, 6) is -0.533. The molecule has 2 heterocycles. The average Bonchev–Trinajstić information content (AvgIpc) is 3.02. The van der Waals surface area contributed by atoms with E-state index in [1.807, 2.05) is 0 Å². The van der Waals surface area contributed by atoms with Gasteiger partial charge in [-0.05, 0) is 37.1 Å². The Morgan fingerprint density at radius 3 is 2.83 bits per heavy atom. The molecule has 0 aliphatic carbocycles. The molecule has 0 amide bonds. The lowest BCUT2D eigenvalue weighted by Gasteiger charge is -2.15. The number of carbonyl (C=O) groups is 1. The van der Waals surface area contributed by atoms with Crippen LogP contribution in [0.1, 0.15) is 29.4 Å². The van der Waals surface area contributed by atoms with Crippen molar-refractivity contribution in [2.24, 2.45) is 0 Å². The topological polar surface area (TPSA) is 109 Å². The molecule has 2 N–H and O–H groups in total. The summed E-state index contributed by atoms with van der Waals surface area (Å²) in [7, 11) is 0. The second-order valence-electron chi connectivity index (χ2n) is 5.30. The summed E-state index contributed by atoms with van der Waals surface area (Å²) in [6, 6.07) is 6.42. The number of nitrogens with two attached hydrogens (primary N) is 1. The maximum Gasteiger partial charge on any atom is 0.354 e. The van der Waals surface area contributed by atoms with Gasteiger partial charge in [0.1, 0.15) is 19.2 Å². The lowest BCUT2D eigenvalue weighted by Crippen LogP contribution is -2.29. The first kappa shape index (κ1) is 16.4. The van der Waals surface area contributed by atoms with Gasteiger partial charge < -0.3 is 15.2 Å². The maximum atomic E-state index is 11.9. The molecule has 0 radical (unpaired) electrons. The third kappa shape index (κ3) is 3.72. The van der Waals surface area contributed by atoms with E-state index in [1.54, 1.807) is 24.3 Å². The van der Waals surface area contributed by atoms with Gasteiger partial charge in [-0.15, -0.1) is 0 Å². The number of carbonyl (C=O) groups excluding carboxylic acids is 1. The van der Waals surface area contributed by atoms with E-state index >= 15 is 0 Å². The highest BCUT2D eigenvalue weighted by Crippen LogP contribution is 2.27. The number of rotatable bonds is 4. The van der Waals surface area contributed by atoms with Crippen LogP contribution in [0.3, 0.4) is 0 Å². The Hall–Kier alpha value is -2.45. The first-order valence-electron chi connectivity index (χ1n) is 7.32. The number of nitrogen functional groups attached to an aromatic ring is 1. The zero-order valence-electron chi connectivity index (χ0n) is 12.6. The smallest absolute Gasteiger partial charge is 0.354 e. The van der Waals surface area contributed by atoms with Crippen molar-refractivity contribution >= 4 is 23.5 Å². The molecule has 2 atom stereocenters. The van der Waals surface area contributed by atoms with Crippen molar-refractivity contribution in [3.05, 3.63) is 51.7 Å². The molecule has 0 spiro atoms. The van der Waals surface area contributed by atoms with E-state index in [0.29, 0.717) is 23.4 Å². The first-order valence-corrected chi connectivity index (χ1v) is 7.69. The molecule has 24 heavy (non-hydrogen) atoms. The molecule has 0 saturated carbocycles. The van der Waals surface area contributed by atoms with Crippen molar-refractivity contribution in [1.82, 2.24) is 14.5 Å². The number of hydrogen-bond acceptors (Lipinski definition) is 7. The Morgan fingerprint density at radius 2 is 2.12 bits per heavy atom. The van der Waals surface area contributed by atoms with Crippen LogP contribution in [0, 0.1) is 0 Å². The summed E-state index contributed by atoms with van der Waals surface area (Å²) >= 11 is 5.78. The van der Waals surface area contributed by atoms with E-state index in [2.05, 4.69) is 9.97 Å². The second kappa shape index (κ2) is 6.98. The first-order chi connectivity index (χ1) is 11.5. The number of nitrogens with zero attached hydrogens (tertiary/aromatic N) is 3. The molecule has 1 saturated heterocycles. The molecule has 1 aromatic carbocycles. The van der Waals surface area contributed by atoms with E-state index < -0.39 is 17.9 Å². The molecule has 0 unspecified atom stereocenters. The highest BCUT2D eigenvalue weighted by atomic mass is 35.5. The Kier molecular flexibility index (Phi) is 4.77. The van der Waals surface area contributed by atoms with Gasteiger partial charge in [-0.25, -0.2) is 14.6 Å². The van der Waals surface area contributed by atoms with Crippen molar-refractivity contribution in [2.75, 3.05) is 12.3 Å². The van der Waals surface area contributed by atoms with Crippen molar-refractivity contribution in [1.29, 1.82) is 0 Å². The predicted molar refractivity (Wildman–Crippen MR) is 85.6 cm³/mol. The van der Waals surface area contributed by atoms with Crippen molar-refractivity contribution in [3.63, 3.8) is 0 Å². The van der Waals surface area contributed by atoms with Gasteiger partial charge in [0.25, 0.3) is 0 Å². The molecule has 3 rings (SSSR count). The Labute approximate surface area is 142 Å². The molecular formula is C15H15ClN4O4. The van der Waals surface area contributed by atoms with Crippen LogP contribution in [0.5, 0.6) is 0 Å². The number of benzene rings is 1. The molecule has 1 aliphatic heterocycles. The number of aromatic nitrogens is 3. The fourth-order valence-electron chi connectivity index (χ4n) is 2.40. The van der Waals surface area contributed by atoms with Crippen LogP contribution in [-0.4, -0.2) is 33.2 Å². The lowest BCUT2D eigenvalue weighted by molar-refractivity contribution is -0.0343. The van der Waals surface area contributed by atoms with Crippen LogP contribution in [0.25, 0.3) is 0 Å². The standard InChI is InChI=1S/C15H15ClN4O4/c16-10-3-1-9(2-4-10)13(21)23-7-11-5-6-12(24-11)20-8-18-14(17)19-15(20)22/h1-4,8,11-12H,5-7H2,(H2,17,19,22)/t11-,12+/m0/s1. The molecule has 126 valence electrons. The zero-order valence-corrected chi connectivity index (χ0v) is 13.3. The highest BCUT2D eigenvalue weighted by molar-refractivity contribution is 6.30. The maximum absolute atomic E-state index is 11.9. The van der Waals surface area contributed by atoms with Crippen molar-refractivity contribution in [3.8, 4) is 0 Å². The number of halogens is 1. The molecule has 9 heteroatoms. The number of esters is 1. The SMILES string of the molecule is Nc1ncn([C@H]2CC[C@@H](COC(=O)c3ccc(Cl)cc3)O2)c(=O)n1. The minimum absolute atomic E-state index is 0.0808. The van der Waals surface area contributed by atoms with Crippen LogP contribution >= 0.6 is 11.6 Å². The van der Waals surface area contributed by atoms with E-state index in [1.165, 1.54) is 10.9 Å². The van der Waals surface area contributed by atoms with Gasteiger partial charge in [-0.3, -0.25) is 4.57 Å². The summed E-state index contributed by atoms with van der Waals surface area (Å²) in [6.45, 7) is 0.0997. The average molecular weight is 351 g/mol. The van der Waals surface area contributed by atoms with Gasteiger partial charge >= 0.3 is 11.7 Å². The molecular weight excluding hydrogens is 336 g/mol. The third-order valence-corrected chi connectivity index (χ3v) is 3.87. The molecule has 1 aromatic heterocycles. The van der Waals surface area contributed by atoms with Crippen LogP contribution < -0.4 is 11.4 Å². The van der Waals surface area contributed by atoms with Gasteiger partial charge in [0.05, 0.1) is 11.7 Å². The summed E-state index contributed by atoms with van der Waals surface area (Å²) in [5, 5.41) is 0.546. The second-order valence-corrected chi connectivity index (χ2v) is 5.74. The number of anilines is 1. The third-order valence-electron chi connectivity index (χ3n) is 3.62. The van der Waals surface area contributed by atoms with Gasteiger partial charge in [0.15, 0.2) is 0 Å². The number of ether oxygens (including phenoxy) is 2. The normalized spacial score (nSPS) is 20.0. The largest absolute Gasteiger partial charge is 0.459 e. The fraction of sp³-hybridized carbons (Fsp3) is 0.333. The Balaban J connectivity index is 1.55. The van der Waals surface area contributed by atoms with Gasteiger partial charge in [0, 0.05) is 5.02 Å². The Morgan fingerprint density at radius 1 is 1.38 bits per heavy atom. The van der Waals surface area contributed by atoms with Gasteiger partial charge in [0.2, 0.25) is 5.95 Å². The lowest BCUT2D eigenvalue weighted by atomic mass is 10.2. The molecule has 2 aromatic rings. The van der Waals surface area contributed by atoms with Gasteiger partial charge in [-0.1, -0.05) is 11.6 Å². The summed E-state index contributed by atoms with van der Waals surface area (Å²) < 4.78 is 12.2. The number of hydrogen-bond donors (Lipinski definition) is 1.